The van der Waals surface area contributed by atoms with Crippen molar-refractivity contribution in [2.24, 2.45) is 0 Å². The summed E-state index contributed by atoms with van der Waals surface area (Å²) in [6, 6.07) is 0.934. The smallest absolute Gasteiger partial charge is 0.254 e. The molecule has 9 heteroatoms. The molecule has 1 aromatic rings. The molecule has 0 fully saturated rings. The second kappa shape index (κ2) is 6.78. The van der Waals surface area contributed by atoms with Crippen LogP contribution in [0, 0.1) is 5.82 Å². The summed E-state index contributed by atoms with van der Waals surface area (Å²) >= 11 is 5.64. The van der Waals surface area contributed by atoms with Gasteiger partial charge in [0.05, 0.1) is 17.5 Å². The summed E-state index contributed by atoms with van der Waals surface area (Å²) in [5, 5.41) is 2.19. The van der Waals surface area contributed by atoms with E-state index in [4.69, 9.17) is 11.6 Å². The zero-order valence-corrected chi connectivity index (χ0v) is 11.7. The SMILES string of the molecule is CCNS(=O)(=O)CCNC(=O)c1cc(F)cnc1Cl. The van der Waals surface area contributed by atoms with Crippen molar-refractivity contribution in [2.75, 3.05) is 18.8 Å². The molecule has 1 amide bonds. The number of nitrogens with one attached hydrogen (secondary N) is 2. The molecule has 6 nitrogen and oxygen atoms in total. The Labute approximate surface area is 115 Å². The van der Waals surface area contributed by atoms with Crippen LogP contribution in [0.3, 0.4) is 0 Å². The first-order chi connectivity index (χ1) is 8.85. The topological polar surface area (TPSA) is 88.2 Å². The number of aromatic nitrogens is 1. The van der Waals surface area contributed by atoms with Crippen molar-refractivity contribution in [1.82, 2.24) is 15.0 Å². The molecule has 0 unspecified atom stereocenters. The monoisotopic (exact) mass is 309 g/mol. The fraction of sp³-hybridized carbons (Fsp3) is 0.400. The summed E-state index contributed by atoms with van der Waals surface area (Å²) < 4.78 is 37.8. The summed E-state index contributed by atoms with van der Waals surface area (Å²) in [7, 11) is -3.42. The third-order valence-electron chi connectivity index (χ3n) is 2.07. The Morgan fingerprint density at radius 3 is 2.84 bits per heavy atom. The lowest BCUT2D eigenvalue weighted by Crippen LogP contribution is -2.34. The van der Waals surface area contributed by atoms with Crippen LogP contribution in [0.4, 0.5) is 4.39 Å². The normalized spacial score (nSPS) is 11.3. The summed E-state index contributed by atoms with van der Waals surface area (Å²) in [6.45, 7) is 1.81. The zero-order chi connectivity index (χ0) is 14.5. The standard InChI is InChI=1S/C10H13ClFN3O3S/c1-2-15-19(17,18)4-3-13-10(16)8-5-7(12)6-14-9(8)11/h5-6,15H,2-4H2,1H3,(H,13,16). The third-order valence-corrected chi connectivity index (χ3v) is 3.84. The molecule has 1 heterocycles. The van der Waals surface area contributed by atoms with Crippen molar-refractivity contribution < 1.29 is 17.6 Å². The third kappa shape index (κ3) is 5.09. The predicted molar refractivity (Wildman–Crippen MR) is 69.0 cm³/mol. The number of sulfonamides is 1. The maximum Gasteiger partial charge on any atom is 0.254 e. The molecule has 19 heavy (non-hydrogen) atoms. The largest absolute Gasteiger partial charge is 0.351 e. The minimum atomic E-state index is -3.42. The lowest BCUT2D eigenvalue weighted by Gasteiger charge is -2.07. The van der Waals surface area contributed by atoms with Gasteiger partial charge in [0, 0.05) is 13.1 Å². The maximum absolute atomic E-state index is 12.9. The summed E-state index contributed by atoms with van der Waals surface area (Å²) in [5.74, 6) is -1.65. The van der Waals surface area contributed by atoms with Gasteiger partial charge in [0.1, 0.15) is 11.0 Å². The average Bonchev–Trinajstić information content (AvgIpc) is 2.31. The average molecular weight is 310 g/mol. The lowest BCUT2D eigenvalue weighted by molar-refractivity contribution is 0.0955. The van der Waals surface area contributed by atoms with E-state index >= 15 is 0 Å². The van der Waals surface area contributed by atoms with Gasteiger partial charge in [0.25, 0.3) is 5.91 Å². The van der Waals surface area contributed by atoms with Gasteiger partial charge in [-0.25, -0.2) is 22.5 Å². The number of nitrogens with zero attached hydrogens (tertiary/aromatic N) is 1. The van der Waals surface area contributed by atoms with Crippen LogP contribution in [-0.2, 0) is 10.0 Å². The van der Waals surface area contributed by atoms with Gasteiger partial charge < -0.3 is 5.32 Å². The van der Waals surface area contributed by atoms with Gasteiger partial charge in [-0.05, 0) is 6.07 Å². The van der Waals surface area contributed by atoms with Crippen LogP contribution >= 0.6 is 11.6 Å². The van der Waals surface area contributed by atoms with Crippen LogP contribution in [0.5, 0.6) is 0 Å². The molecule has 106 valence electrons. The Kier molecular flexibility index (Phi) is 5.64. The highest BCUT2D eigenvalue weighted by Gasteiger charge is 2.14. The summed E-state index contributed by atoms with van der Waals surface area (Å²) in [6.07, 6.45) is 0.884. The van der Waals surface area contributed by atoms with Gasteiger partial charge >= 0.3 is 0 Å². The molecule has 0 atom stereocenters. The first-order valence-electron chi connectivity index (χ1n) is 5.42. The quantitative estimate of drug-likeness (QED) is 0.751. The van der Waals surface area contributed by atoms with Crippen molar-refractivity contribution in [1.29, 1.82) is 0 Å². The number of hydrogen-bond acceptors (Lipinski definition) is 4. The highest BCUT2D eigenvalue weighted by Crippen LogP contribution is 2.13. The number of rotatable bonds is 6. The summed E-state index contributed by atoms with van der Waals surface area (Å²) in [4.78, 5) is 15.1. The Bertz CT molecular complexity index is 565. The fourth-order valence-electron chi connectivity index (χ4n) is 1.27. The van der Waals surface area contributed by atoms with Crippen LogP contribution in [0.1, 0.15) is 17.3 Å². The molecule has 0 saturated heterocycles. The van der Waals surface area contributed by atoms with E-state index in [2.05, 4.69) is 15.0 Å². The Morgan fingerprint density at radius 2 is 2.21 bits per heavy atom. The van der Waals surface area contributed by atoms with Crippen molar-refractivity contribution >= 4 is 27.5 Å². The molecule has 0 aliphatic carbocycles. The van der Waals surface area contributed by atoms with Crippen molar-refractivity contribution in [3.05, 3.63) is 28.8 Å². The van der Waals surface area contributed by atoms with Crippen molar-refractivity contribution in [3.8, 4) is 0 Å². The number of pyridine rings is 1. The van der Waals surface area contributed by atoms with E-state index in [1.165, 1.54) is 0 Å². The van der Waals surface area contributed by atoms with Gasteiger partial charge in [0.2, 0.25) is 10.0 Å². The Morgan fingerprint density at radius 1 is 1.53 bits per heavy atom. The molecule has 1 aromatic heterocycles. The summed E-state index contributed by atoms with van der Waals surface area (Å²) in [5.41, 5.74) is -0.137. The van der Waals surface area contributed by atoms with Crippen LogP contribution < -0.4 is 10.0 Å². The van der Waals surface area contributed by atoms with Gasteiger partial charge in [-0.2, -0.15) is 0 Å². The van der Waals surface area contributed by atoms with E-state index in [0.717, 1.165) is 12.3 Å². The number of halogens is 2. The minimum Gasteiger partial charge on any atom is -0.351 e. The molecule has 0 aliphatic heterocycles. The molecule has 0 saturated carbocycles. The molecular weight excluding hydrogens is 297 g/mol. The van der Waals surface area contributed by atoms with Crippen molar-refractivity contribution in [3.63, 3.8) is 0 Å². The van der Waals surface area contributed by atoms with E-state index in [-0.39, 0.29) is 29.6 Å². The van der Waals surface area contributed by atoms with Gasteiger partial charge in [-0.1, -0.05) is 18.5 Å². The number of carbonyl (C=O) groups excluding carboxylic acids is 1. The van der Waals surface area contributed by atoms with Crippen molar-refractivity contribution in [2.45, 2.75) is 6.92 Å². The van der Waals surface area contributed by atoms with Crippen LogP contribution in [-0.4, -0.2) is 38.2 Å². The molecule has 0 spiro atoms. The van der Waals surface area contributed by atoms with Crippen LogP contribution in [0.25, 0.3) is 0 Å². The second-order valence-corrected chi connectivity index (χ2v) is 5.85. The highest BCUT2D eigenvalue weighted by atomic mass is 35.5. The molecule has 0 aliphatic rings. The highest BCUT2D eigenvalue weighted by molar-refractivity contribution is 7.89. The van der Waals surface area contributed by atoms with E-state index in [1.54, 1.807) is 6.92 Å². The van der Waals surface area contributed by atoms with Gasteiger partial charge in [0.15, 0.2) is 0 Å². The van der Waals surface area contributed by atoms with E-state index in [0.29, 0.717) is 0 Å². The molecular formula is C10H13ClFN3O3S. The van der Waals surface area contributed by atoms with Gasteiger partial charge in [-0.3, -0.25) is 4.79 Å². The molecule has 2 N–H and O–H groups in total. The lowest BCUT2D eigenvalue weighted by atomic mass is 10.2. The Hall–Kier alpha value is -1.25. The van der Waals surface area contributed by atoms with E-state index in [9.17, 15) is 17.6 Å². The minimum absolute atomic E-state index is 0.110. The van der Waals surface area contributed by atoms with E-state index in [1.807, 2.05) is 0 Å². The second-order valence-electron chi connectivity index (χ2n) is 3.56. The predicted octanol–water partition coefficient (Wildman–Crippen LogP) is 0.543. The molecule has 0 bridgehead atoms. The van der Waals surface area contributed by atoms with E-state index < -0.39 is 21.7 Å². The molecule has 1 rings (SSSR count). The maximum atomic E-state index is 12.9. The van der Waals surface area contributed by atoms with Crippen LogP contribution in [0.15, 0.2) is 12.3 Å². The number of carbonyl (C=O) groups is 1. The van der Waals surface area contributed by atoms with Gasteiger partial charge in [-0.15, -0.1) is 0 Å². The van der Waals surface area contributed by atoms with Crippen LogP contribution in [0.2, 0.25) is 5.15 Å². The molecule has 0 aromatic carbocycles. The first-order valence-corrected chi connectivity index (χ1v) is 7.45. The number of amides is 1. The number of hydrogen-bond donors (Lipinski definition) is 2. The molecule has 0 radical (unpaired) electrons. The Balaban J connectivity index is 2.59. The zero-order valence-electron chi connectivity index (χ0n) is 10.1. The first kappa shape index (κ1) is 15.8. The fourth-order valence-corrected chi connectivity index (χ4v) is 2.41.